The van der Waals surface area contributed by atoms with Gasteiger partial charge < -0.3 is 9.80 Å². The molecule has 0 saturated heterocycles. The standard InChI is InChI=1S/C64H48N2S2/c1-41-15-11-13-21-57(41)65(51-27-33-63-55(39-51)53-37-49(25-31-61(53)67-63)45-17-7-5-8-18-45)59-29-23-47(35-43(59)3)48-24-30-60(44(4)36-48)66(58-22-14-12-16-42(58)2)52-28-34-64-56(40-52)54-38-50(26-32-62(54)68-64)46-19-9-6-10-20-46/h5-40H,1-4H3. The van der Waals surface area contributed by atoms with E-state index in [1.807, 2.05) is 22.7 Å². The van der Waals surface area contributed by atoms with Crippen molar-refractivity contribution in [2.45, 2.75) is 27.7 Å². The molecule has 4 heteroatoms. The third kappa shape index (κ3) is 7.43. The fraction of sp³-hybridized carbons (Fsp3) is 0.0625. The summed E-state index contributed by atoms with van der Waals surface area (Å²) in [4.78, 5) is 4.89. The molecule has 2 heterocycles. The lowest BCUT2D eigenvalue weighted by molar-refractivity contribution is 1.22. The van der Waals surface area contributed by atoms with Gasteiger partial charge in [0.15, 0.2) is 0 Å². The van der Waals surface area contributed by atoms with E-state index >= 15 is 0 Å². The first kappa shape index (κ1) is 41.7. The number of fused-ring (bicyclic) bond motifs is 6. The minimum absolute atomic E-state index is 1.15. The normalized spacial score (nSPS) is 11.5. The summed E-state index contributed by atoms with van der Waals surface area (Å²) in [5, 5.41) is 5.15. The summed E-state index contributed by atoms with van der Waals surface area (Å²) in [6.07, 6.45) is 0. The van der Waals surface area contributed by atoms with Crippen LogP contribution in [-0.2, 0) is 0 Å². The molecule has 0 fully saturated rings. The lowest BCUT2D eigenvalue weighted by Crippen LogP contribution is -2.13. The molecule has 12 aromatic rings. The number of aryl methyl sites for hydroxylation is 4. The molecule has 0 saturated carbocycles. The highest BCUT2D eigenvalue weighted by Crippen LogP contribution is 2.46. The maximum atomic E-state index is 2.45. The Morgan fingerprint density at radius 1 is 0.250 bits per heavy atom. The number of benzene rings is 10. The highest BCUT2D eigenvalue weighted by molar-refractivity contribution is 7.26. The molecule has 0 radical (unpaired) electrons. The van der Waals surface area contributed by atoms with Crippen molar-refractivity contribution in [2.24, 2.45) is 0 Å². The van der Waals surface area contributed by atoms with E-state index in [0.717, 1.165) is 11.4 Å². The summed E-state index contributed by atoms with van der Waals surface area (Å²) in [6, 6.07) is 80.6. The van der Waals surface area contributed by atoms with Gasteiger partial charge in [0, 0.05) is 74.5 Å². The molecule has 10 aromatic carbocycles. The Morgan fingerprint density at radius 2 is 0.574 bits per heavy atom. The van der Waals surface area contributed by atoms with E-state index in [9.17, 15) is 0 Å². The molecule has 12 rings (SSSR count). The lowest BCUT2D eigenvalue weighted by Gasteiger charge is -2.29. The van der Waals surface area contributed by atoms with E-state index in [1.165, 1.54) is 119 Å². The summed E-state index contributed by atoms with van der Waals surface area (Å²) in [6.45, 7) is 8.93. The van der Waals surface area contributed by atoms with Crippen molar-refractivity contribution >= 4 is 97.1 Å². The number of para-hydroxylation sites is 2. The van der Waals surface area contributed by atoms with Gasteiger partial charge in [-0.15, -0.1) is 22.7 Å². The van der Waals surface area contributed by atoms with Crippen LogP contribution in [0.1, 0.15) is 22.3 Å². The van der Waals surface area contributed by atoms with E-state index in [2.05, 4.69) is 256 Å². The van der Waals surface area contributed by atoms with Crippen LogP contribution in [0.4, 0.5) is 34.1 Å². The maximum absolute atomic E-state index is 2.45. The highest BCUT2D eigenvalue weighted by Gasteiger charge is 2.21. The zero-order valence-electron chi connectivity index (χ0n) is 38.5. The third-order valence-electron chi connectivity index (χ3n) is 13.6. The van der Waals surface area contributed by atoms with Gasteiger partial charge in [-0.05, 0) is 180 Å². The molecule has 2 aromatic heterocycles. The van der Waals surface area contributed by atoms with Gasteiger partial charge in [0.2, 0.25) is 0 Å². The second-order valence-corrected chi connectivity index (χ2v) is 20.1. The summed E-state index contributed by atoms with van der Waals surface area (Å²) in [7, 11) is 0. The van der Waals surface area contributed by atoms with Crippen LogP contribution < -0.4 is 9.80 Å². The van der Waals surface area contributed by atoms with Crippen molar-refractivity contribution in [1.29, 1.82) is 0 Å². The van der Waals surface area contributed by atoms with Crippen LogP contribution in [0.5, 0.6) is 0 Å². The number of thiophene rings is 2. The van der Waals surface area contributed by atoms with Crippen molar-refractivity contribution in [3.05, 3.63) is 241 Å². The molecule has 326 valence electrons. The highest BCUT2D eigenvalue weighted by atomic mass is 32.1. The average molecular weight is 909 g/mol. The van der Waals surface area contributed by atoms with Gasteiger partial charge >= 0.3 is 0 Å². The van der Waals surface area contributed by atoms with Crippen molar-refractivity contribution in [1.82, 2.24) is 0 Å². The molecular formula is C64H48N2S2. The molecule has 0 amide bonds. The van der Waals surface area contributed by atoms with Crippen LogP contribution in [0.25, 0.3) is 73.7 Å². The van der Waals surface area contributed by atoms with Gasteiger partial charge in [0.25, 0.3) is 0 Å². The fourth-order valence-corrected chi connectivity index (χ4v) is 12.2. The van der Waals surface area contributed by atoms with Crippen LogP contribution in [-0.4, -0.2) is 0 Å². The molecule has 0 aliphatic heterocycles. The summed E-state index contributed by atoms with van der Waals surface area (Å²) in [5.74, 6) is 0. The van der Waals surface area contributed by atoms with E-state index in [1.54, 1.807) is 0 Å². The lowest BCUT2D eigenvalue weighted by atomic mass is 9.98. The van der Waals surface area contributed by atoms with Gasteiger partial charge in [0.1, 0.15) is 0 Å². The number of rotatable bonds is 9. The largest absolute Gasteiger partial charge is 0.310 e. The SMILES string of the molecule is Cc1ccccc1N(c1ccc2sc3ccc(-c4ccccc4)cc3c2c1)c1ccc(-c2ccc(N(c3ccc4sc5ccc(-c6ccccc6)cc5c4c3)c3ccccc3C)c(C)c2)cc1C. The van der Waals surface area contributed by atoms with Crippen molar-refractivity contribution in [2.75, 3.05) is 9.80 Å². The van der Waals surface area contributed by atoms with E-state index < -0.39 is 0 Å². The molecule has 0 bridgehead atoms. The molecule has 0 atom stereocenters. The van der Waals surface area contributed by atoms with Crippen molar-refractivity contribution in [3.8, 4) is 33.4 Å². The molecule has 2 nitrogen and oxygen atoms in total. The number of hydrogen-bond acceptors (Lipinski definition) is 4. The summed E-state index contributed by atoms with van der Waals surface area (Å²) in [5.41, 5.74) is 19.2. The third-order valence-corrected chi connectivity index (χ3v) is 15.9. The maximum Gasteiger partial charge on any atom is 0.0491 e. The molecule has 0 aliphatic rings. The van der Waals surface area contributed by atoms with Gasteiger partial charge in [0.05, 0.1) is 0 Å². The number of nitrogens with zero attached hydrogens (tertiary/aromatic N) is 2. The zero-order valence-corrected chi connectivity index (χ0v) is 40.1. The molecular weight excluding hydrogens is 861 g/mol. The topological polar surface area (TPSA) is 6.48 Å². The van der Waals surface area contributed by atoms with Crippen LogP contribution in [0, 0.1) is 27.7 Å². The zero-order chi connectivity index (χ0) is 45.9. The van der Waals surface area contributed by atoms with E-state index in [-0.39, 0.29) is 0 Å². The Hall–Kier alpha value is -7.76. The molecule has 0 N–H and O–H groups in total. The Kier molecular flexibility index (Phi) is 10.5. The number of anilines is 6. The predicted molar refractivity (Wildman–Crippen MR) is 297 cm³/mol. The second kappa shape index (κ2) is 17.2. The van der Waals surface area contributed by atoms with Crippen molar-refractivity contribution < 1.29 is 0 Å². The van der Waals surface area contributed by atoms with Crippen LogP contribution in [0.15, 0.2) is 218 Å². The Bertz CT molecular complexity index is 3610. The van der Waals surface area contributed by atoms with Gasteiger partial charge in [-0.25, -0.2) is 0 Å². The molecule has 0 spiro atoms. The Balaban J connectivity index is 0.925. The fourth-order valence-electron chi connectivity index (χ4n) is 10.0. The average Bonchev–Trinajstić information content (AvgIpc) is 3.93. The molecule has 68 heavy (non-hydrogen) atoms. The van der Waals surface area contributed by atoms with Gasteiger partial charge in [-0.2, -0.15) is 0 Å². The summed E-state index contributed by atoms with van der Waals surface area (Å²) >= 11 is 3.73. The predicted octanol–water partition coefficient (Wildman–Crippen LogP) is 19.6. The minimum atomic E-state index is 1.15. The first-order valence-corrected chi connectivity index (χ1v) is 24.9. The number of hydrogen-bond donors (Lipinski definition) is 0. The van der Waals surface area contributed by atoms with Crippen LogP contribution >= 0.6 is 22.7 Å². The minimum Gasteiger partial charge on any atom is -0.310 e. The first-order valence-electron chi connectivity index (χ1n) is 23.3. The first-order chi connectivity index (χ1) is 33.3. The molecule has 0 unspecified atom stereocenters. The van der Waals surface area contributed by atoms with E-state index in [4.69, 9.17) is 0 Å². The monoisotopic (exact) mass is 908 g/mol. The quantitative estimate of drug-likeness (QED) is 0.142. The second-order valence-electron chi connectivity index (χ2n) is 18.0. The van der Waals surface area contributed by atoms with Gasteiger partial charge in [-0.3, -0.25) is 0 Å². The van der Waals surface area contributed by atoms with Gasteiger partial charge in [-0.1, -0.05) is 121 Å². The molecule has 0 aliphatic carbocycles. The smallest absolute Gasteiger partial charge is 0.0491 e. The van der Waals surface area contributed by atoms with Crippen LogP contribution in [0.2, 0.25) is 0 Å². The van der Waals surface area contributed by atoms with Crippen molar-refractivity contribution in [3.63, 3.8) is 0 Å². The van der Waals surface area contributed by atoms with Crippen LogP contribution in [0.3, 0.4) is 0 Å². The Labute approximate surface area is 406 Å². The van der Waals surface area contributed by atoms with E-state index in [0.29, 0.717) is 0 Å². The Morgan fingerprint density at radius 3 is 0.971 bits per heavy atom. The summed E-state index contributed by atoms with van der Waals surface area (Å²) < 4.78 is 5.20.